The van der Waals surface area contributed by atoms with Crippen molar-refractivity contribution in [3.8, 4) is 0 Å². The Bertz CT molecular complexity index is 901. The number of benzene rings is 2. The Morgan fingerprint density at radius 2 is 1.78 bits per heavy atom. The van der Waals surface area contributed by atoms with Gasteiger partial charge in [-0.25, -0.2) is 0 Å². The summed E-state index contributed by atoms with van der Waals surface area (Å²) in [5.74, 6) is 0.486. The zero-order valence-corrected chi connectivity index (χ0v) is 17.1. The molecule has 1 atom stereocenters. The molecule has 1 unspecified atom stereocenters. The molecule has 0 spiro atoms. The average molecular weight is 357 g/mol. The molecule has 1 aliphatic rings. The normalized spacial score (nSPS) is 17.3. The quantitative estimate of drug-likeness (QED) is 0.438. The van der Waals surface area contributed by atoms with Crippen LogP contribution >= 0.6 is 0 Å². The number of fused-ring (bicyclic) bond motifs is 1. The molecule has 3 rings (SSSR count). The van der Waals surface area contributed by atoms with Gasteiger partial charge in [0.05, 0.1) is 0 Å². The van der Waals surface area contributed by atoms with Gasteiger partial charge in [0.15, 0.2) is 0 Å². The number of rotatable bonds is 7. The fraction of sp³-hybridized carbons (Fsp3) is 0.333. The van der Waals surface area contributed by atoms with E-state index in [0.717, 1.165) is 25.7 Å². The summed E-state index contributed by atoms with van der Waals surface area (Å²) in [7, 11) is 0. The van der Waals surface area contributed by atoms with Gasteiger partial charge < -0.3 is 0 Å². The Kier molecular flexibility index (Phi) is 6.50. The van der Waals surface area contributed by atoms with Crippen LogP contribution in [0.2, 0.25) is 0 Å². The van der Waals surface area contributed by atoms with E-state index in [2.05, 4.69) is 88.0 Å². The van der Waals surface area contributed by atoms with Crippen LogP contribution in [-0.4, -0.2) is 0 Å². The van der Waals surface area contributed by atoms with Crippen LogP contribution in [0.4, 0.5) is 0 Å². The highest BCUT2D eigenvalue weighted by molar-refractivity contribution is 5.83. The second-order valence-corrected chi connectivity index (χ2v) is 8.12. The van der Waals surface area contributed by atoms with Gasteiger partial charge in [0.2, 0.25) is 0 Å². The van der Waals surface area contributed by atoms with Crippen molar-refractivity contribution in [2.45, 2.75) is 58.8 Å². The average Bonchev–Trinajstić information content (AvgIpc) is 3.02. The molecule has 0 aliphatic heterocycles. The van der Waals surface area contributed by atoms with Gasteiger partial charge in [0, 0.05) is 5.92 Å². The molecule has 0 heterocycles. The third-order valence-electron chi connectivity index (χ3n) is 5.52. The molecule has 2 aromatic carbocycles. The summed E-state index contributed by atoms with van der Waals surface area (Å²) < 4.78 is 0. The number of allylic oxidation sites excluding steroid dienone is 7. The summed E-state index contributed by atoms with van der Waals surface area (Å²) in [6, 6.07) is 15.5. The van der Waals surface area contributed by atoms with Crippen LogP contribution in [0.1, 0.15) is 64.4 Å². The third-order valence-corrected chi connectivity index (χ3v) is 5.52. The van der Waals surface area contributed by atoms with E-state index in [-0.39, 0.29) is 0 Å². The Hall–Kier alpha value is -2.34. The van der Waals surface area contributed by atoms with E-state index in [0.29, 0.717) is 5.92 Å². The fourth-order valence-electron chi connectivity index (χ4n) is 3.89. The SMILES string of the molecule is C=C1CC(c2ccc3ccccc3c2)C=C1CC/C=C(\C)CCC=C(C)C. The maximum absolute atomic E-state index is 4.34. The second kappa shape index (κ2) is 9.04. The standard InChI is InChI=1S/C27H32/c1-20(2)9-7-10-21(3)11-8-14-24-18-27(17-22(24)4)26-16-15-23-12-5-6-13-25(23)19-26/h5-6,9,11-13,15-16,18-19,27H,4,7-8,10,14,17H2,1-3H3/b21-11+. The Labute approximate surface area is 165 Å². The first kappa shape index (κ1) is 19.4. The third kappa shape index (κ3) is 5.32. The van der Waals surface area contributed by atoms with E-state index in [9.17, 15) is 0 Å². The van der Waals surface area contributed by atoms with Gasteiger partial charge in [0.25, 0.3) is 0 Å². The lowest BCUT2D eigenvalue weighted by Gasteiger charge is -2.09. The van der Waals surface area contributed by atoms with Crippen molar-refractivity contribution in [1.29, 1.82) is 0 Å². The van der Waals surface area contributed by atoms with Gasteiger partial charge in [-0.2, -0.15) is 0 Å². The molecule has 0 heteroatoms. The highest BCUT2D eigenvalue weighted by atomic mass is 14.2. The molecule has 0 aromatic heterocycles. The summed E-state index contributed by atoms with van der Waals surface area (Å²) in [5, 5.41) is 2.65. The lowest BCUT2D eigenvalue weighted by atomic mass is 9.95. The predicted octanol–water partition coefficient (Wildman–Crippen LogP) is 8.28. The van der Waals surface area contributed by atoms with Crippen molar-refractivity contribution in [3.63, 3.8) is 0 Å². The molecule has 0 amide bonds. The summed E-state index contributed by atoms with van der Waals surface area (Å²) in [5.41, 5.74) is 7.11. The largest absolute Gasteiger partial charge is 0.0955 e. The van der Waals surface area contributed by atoms with Crippen LogP contribution in [-0.2, 0) is 0 Å². The smallest absolute Gasteiger partial charge is 0.00644 e. The Morgan fingerprint density at radius 3 is 2.56 bits per heavy atom. The van der Waals surface area contributed by atoms with Gasteiger partial charge in [-0.3, -0.25) is 0 Å². The van der Waals surface area contributed by atoms with Gasteiger partial charge in [-0.05, 0) is 74.8 Å². The van der Waals surface area contributed by atoms with Crippen molar-refractivity contribution in [3.05, 3.63) is 95.1 Å². The number of hydrogen-bond acceptors (Lipinski definition) is 0. The molecule has 0 fully saturated rings. The van der Waals surface area contributed by atoms with E-state index >= 15 is 0 Å². The molecule has 1 aliphatic carbocycles. The summed E-state index contributed by atoms with van der Waals surface area (Å²) in [6.45, 7) is 10.9. The first-order valence-corrected chi connectivity index (χ1v) is 10.2. The summed E-state index contributed by atoms with van der Waals surface area (Å²) >= 11 is 0. The highest BCUT2D eigenvalue weighted by Crippen LogP contribution is 2.38. The van der Waals surface area contributed by atoms with Gasteiger partial charge in [0.1, 0.15) is 0 Å². The van der Waals surface area contributed by atoms with Crippen LogP contribution in [0.25, 0.3) is 10.8 Å². The number of hydrogen-bond donors (Lipinski definition) is 0. The first-order chi connectivity index (χ1) is 13.0. The molecule has 27 heavy (non-hydrogen) atoms. The predicted molar refractivity (Wildman–Crippen MR) is 120 cm³/mol. The van der Waals surface area contributed by atoms with Gasteiger partial charge in [-0.1, -0.05) is 84.0 Å². The van der Waals surface area contributed by atoms with E-state index in [1.807, 2.05) is 0 Å². The molecule has 0 N–H and O–H groups in total. The monoisotopic (exact) mass is 356 g/mol. The van der Waals surface area contributed by atoms with Crippen LogP contribution < -0.4 is 0 Å². The maximum Gasteiger partial charge on any atom is 0.00644 e. The van der Waals surface area contributed by atoms with Crippen LogP contribution in [0.15, 0.2) is 89.6 Å². The Balaban J connectivity index is 1.61. The van der Waals surface area contributed by atoms with Crippen molar-refractivity contribution in [1.82, 2.24) is 0 Å². The minimum atomic E-state index is 0.486. The summed E-state index contributed by atoms with van der Waals surface area (Å²) in [4.78, 5) is 0. The summed E-state index contributed by atoms with van der Waals surface area (Å²) in [6.07, 6.45) is 12.8. The van der Waals surface area contributed by atoms with Crippen LogP contribution in [0, 0.1) is 0 Å². The minimum absolute atomic E-state index is 0.486. The Morgan fingerprint density at radius 1 is 1.00 bits per heavy atom. The maximum atomic E-state index is 4.34. The van der Waals surface area contributed by atoms with E-state index in [4.69, 9.17) is 0 Å². The zero-order valence-electron chi connectivity index (χ0n) is 17.1. The molecule has 0 nitrogen and oxygen atoms in total. The molecule has 140 valence electrons. The molecule has 0 radical (unpaired) electrons. The molecular formula is C27H32. The fourth-order valence-corrected chi connectivity index (χ4v) is 3.89. The van der Waals surface area contributed by atoms with E-state index in [1.165, 1.54) is 45.0 Å². The zero-order chi connectivity index (χ0) is 19.2. The van der Waals surface area contributed by atoms with Crippen molar-refractivity contribution in [2.75, 3.05) is 0 Å². The minimum Gasteiger partial charge on any atom is -0.0955 e. The topological polar surface area (TPSA) is 0 Å². The first-order valence-electron chi connectivity index (χ1n) is 10.2. The lowest BCUT2D eigenvalue weighted by Crippen LogP contribution is -1.91. The highest BCUT2D eigenvalue weighted by Gasteiger charge is 2.20. The molecule has 0 saturated heterocycles. The van der Waals surface area contributed by atoms with E-state index < -0.39 is 0 Å². The van der Waals surface area contributed by atoms with Crippen molar-refractivity contribution in [2.24, 2.45) is 0 Å². The lowest BCUT2D eigenvalue weighted by molar-refractivity contribution is 0.878. The molecule has 2 aromatic rings. The van der Waals surface area contributed by atoms with Crippen LogP contribution in [0.3, 0.4) is 0 Å². The van der Waals surface area contributed by atoms with Crippen molar-refractivity contribution < 1.29 is 0 Å². The van der Waals surface area contributed by atoms with Gasteiger partial charge in [-0.15, -0.1) is 0 Å². The molecular weight excluding hydrogens is 324 g/mol. The molecule has 0 saturated carbocycles. The van der Waals surface area contributed by atoms with E-state index in [1.54, 1.807) is 0 Å². The molecule has 0 bridgehead atoms. The van der Waals surface area contributed by atoms with Crippen LogP contribution in [0.5, 0.6) is 0 Å². The van der Waals surface area contributed by atoms with Crippen molar-refractivity contribution >= 4 is 10.8 Å². The second-order valence-electron chi connectivity index (χ2n) is 8.12. The van der Waals surface area contributed by atoms with Gasteiger partial charge >= 0.3 is 0 Å².